The molecule has 0 saturated heterocycles. The number of rotatable bonds is 0. The molecule has 1 aromatic rings. The molecule has 0 spiro atoms. The van der Waals surface area contributed by atoms with Crippen LogP contribution < -0.4 is 0 Å². The van der Waals surface area contributed by atoms with Gasteiger partial charge < -0.3 is 0 Å². The van der Waals surface area contributed by atoms with Crippen molar-refractivity contribution in [2.45, 2.75) is 6.42 Å². The van der Waals surface area contributed by atoms with Gasteiger partial charge in [-0.05, 0) is 15.9 Å². The fraction of sp³-hybridized carbons (Fsp3) is 0.286. The summed E-state index contributed by atoms with van der Waals surface area (Å²) in [6.07, 6.45) is 2.86. The van der Waals surface area contributed by atoms with Gasteiger partial charge in [0.25, 0.3) is 0 Å². The molecule has 0 saturated carbocycles. The highest BCUT2D eigenvalue weighted by Crippen LogP contribution is 2.24. The van der Waals surface area contributed by atoms with Gasteiger partial charge in [0, 0.05) is 12.7 Å². The maximum atomic E-state index is 11.2. The normalized spacial score (nSPS) is 15.1. The first-order valence-corrected chi connectivity index (χ1v) is 6.44. The van der Waals surface area contributed by atoms with Gasteiger partial charge in [-0.1, -0.05) is 0 Å². The minimum absolute atomic E-state index is 0.130. The van der Waals surface area contributed by atoms with Crippen molar-refractivity contribution < 1.29 is 8.42 Å². The SMILES string of the molecule is CS(=O)(=O)C1=Nc2ncc(Br)nc2C1. The zero-order valence-corrected chi connectivity index (χ0v) is 9.63. The third kappa shape index (κ3) is 1.69. The van der Waals surface area contributed by atoms with Crippen LogP contribution in [0.2, 0.25) is 0 Å². The summed E-state index contributed by atoms with van der Waals surface area (Å²) in [6, 6.07) is 0. The Balaban J connectivity index is 2.47. The predicted octanol–water partition coefficient (Wildman–Crippen LogP) is 0.870. The summed E-state index contributed by atoms with van der Waals surface area (Å²) in [7, 11) is -3.23. The summed E-state index contributed by atoms with van der Waals surface area (Å²) in [6.45, 7) is 0. The van der Waals surface area contributed by atoms with E-state index in [0.717, 1.165) is 6.26 Å². The monoisotopic (exact) mass is 275 g/mol. The number of nitrogens with zero attached hydrogens (tertiary/aromatic N) is 3. The molecule has 1 aliphatic heterocycles. The van der Waals surface area contributed by atoms with Crippen LogP contribution in [-0.2, 0) is 16.3 Å². The van der Waals surface area contributed by atoms with E-state index in [1.165, 1.54) is 6.20 Å². The molecule has 0 aliphatic carbocycles. The van der Waals surface area contributed by atoms with Crippen molar-refractivity contribution in [3.8, 4) is 0 Å². The Hall–Kier alpha value is -0.820. The third-order valence-electron chi connectivity index (χ3n) is 1.77. The lowest BCUT2D eigenvalue weighted by Crippen LogP contribution is -2.12. The number of hydrogen-bond donors (Lipinski definition) is 0. The maximum Gasteiger partial charge on any atom is 0.189 e. The number of aromatic nitrogens is 2. The third-order valence-corrected chi connectivity index (χ3v) is 3.24. The Bertz CT molecular complexity index is 524. The summed E-state index contributed by atoms with van der Waals surface area (Å²) in [4.78, 5) is 12.0. The van der Waals surface area contributed by atoms with E-state index in [9.17, 15) is 8.42 Å². The Labute approximate surface area is 89.3 Å². The molecule has 1 aliphatic rings. The molecule has 2 rings (SSSR count). The lowest BCUT2D eigenvalue weighted by Gasteiger charge is -1.94. The van der Waals surface area contributed by atoms with Crippen LogP contribution in [-0.4, -0.2) is 29.7 Å². The maximum absolute atomic E-state index is 11.2. The first kappa shape index (κ1) is 9.72. The molecule has 0 radical (unpaired) electrons. The van der Waals surface area contributed by atoms with E-state index in [-0.39, 0.29) is 11.5 Å². The highest BCUT2D eigenvalue weighted by Gasteiger charge is 2.24. The lowest BCUT2D eigenvalue weighted by molar-refractivity contribution is 0.612. The van der Waals surface area contributed by atoms with Crippen LogP contribution in [0.1, 0.15) is 5.69 Å². The van der Waals surface area contributed by atoms with Gasteiger partial charge in [0.15, 0.2) is 15.7 Å². The molecule has 0 unspecified atom stereocenters. The van der Waals surface area contributed by atoms with Gasteiger partial charge in [-0.15, -0.1) is 0 Å². The summed E-state index contributed by atoms with van der Waals surface area (Å²) < 4.78 is 23.0. The molecule has 0 fully saturated rings. The van der Waals surface area contributed by atoms with Crippen LogP contribution in [0.3, 0.4) is 0 Å². The van der Waals surface area contributed by atoms with Gasteiger partial charge in [0.05, 0.1) is 11.9 Å². The first-order valence-electron chi connectivity index (χ1n) is 3.76. The van der Waals surface area contributed by atoms with Gasteiger partial charge in [-0.3, -0.25) is 0 Å². The van der Waals surface area contributed by atoms with E-state index in [4.69, 9.17) is 0 Å². The second-order valence-electron chi connectivity index (χ2n) is 2.92. The van der Waals surface area contributed by atoms with Crippen LogP contribution >= 0.6 is 15.9 Å². The van der Waals surface area contributed by atoms with Crippen LogP contribution in [0.4, 0.5) is 5.82 Å². The van der Waals surface area contributed by atoms with E-state index in [1.807, 2.05) is 0 Å². The van der Waals surface area contributed by atoms with E-state index >= 15 is 0 Å². The smallest absolute Gasteiger partial charge is 0.189 e. The van der Waals surface area contributed by atoms with Crippen molar-refractivity contribution in [1.82, 2.24) is 9.97 Å². The van der Waals surface area contributed by atoms with Gasteiger partial charge in [-0.25, -0.2) is 23.4 Å². The zero-order valence-electron chi connectivity index (χ0n) is 7.23. The Morgan fingerprint density at radius 3 is 2.86 bits per heavy atom. The number of fused-ring (bicyclic) bond motifs is 1. The van der Waals surface area contributed by atoms with Gasteiger partial charge >= 0.3 is 0 Å². The second kappa shape index (κ2) is 3.09. The van der Waals surface area contributed by atoms with Crippen LogP contribution in [0.25, 0.3) is 0 Å². The minimum Gasteiger partial charge on any atom is -0.240 e. The number of sulfone groups is 1. The predicted molar refractivity (Wildman–Crippen MR) is 55.4 cm³/mol. The molecule has 2 heterocycles. The van der Waals surface area contributed by atoms with Crippen molar-refractivity contribution in [2.24, 2.45) is 4.99 Å². The van der Waals surface area contributed by atoms with E-state index in [0.29, 0.717) is 16.1 Å². The standard InChI is InChI=1S/C7H6BrN3O2S/c1-14(12,13)6-2-4-7(11-6)9-3-5(8)10-4/h3H,2H2,1H3. The van der Waals surface area contributed by atoms with Crippen molar-refractivity contribution in [2.75, 3.05) is 6.26 Å². The average Bonchev–Trinajstić information content (AvgIpc) is 2.45. The molecule has 0 amide bonds. The molecule has 0 atom stereocenters. The largest absolute Gasteiger partial charge is 0.240 e. The second-order valence-corrected chi connectivity index (χ2v) is 5.75. The molecule has 0 N–H and O–H groups in total. The summed E-state index contributed by atoms with van der Waals surface area (Å²) in [5.41, 5.74) is 0.597. The molecule has 74 valence electrons. The Kier molecular flexibility index (Phi) is 2.15. The fourth-order valence-electron chi connectivity index (χ4n) is 1.12. The highest BCUT2D eigenvalue weighted by molar-refractivity contribution is 9.10. The van der Waals surface area contributed by atoms with Gasteiger partial charge in [0.2, 0.25) is 0 Å². The van der Waals surface area contributed by atoms with Gasteiger partial charge in [0.1, 0.15) is 9.65 Å². The average molecular weight is 276 g/mol. The van der Waals surface area contributed by atoms with Crippen molar-refractivity contribution in [3.05, 3.63) is 16.5 Å². The topological polar surface area (TPSA) is 72.3 Å². The fourth-order valence-corrected chi connectivity index (χ4v) is 2.09. The van der Waals surface area contributed by atoms with E-state index in [2.05, 4.69) is 30.9 Å². The number of halogens is 1. The summed E-state index contributed by atoms with van der Waals surface area (Å²) >= 11 is 3.16. The number of hydrogen-bond acceptors (Lipinski definition) is 5. The highest BCUT2D eigenvalue weighted by atomic mass is 79.9. The van der Waals surface area contributed by atoms with E-state index < -0.39 is 9.84 Å². The minimum atomic E-state index is -3.23. The lowest BCUT2D eigenvalue weighted by atomic mass is 10.3. The Morgan fingerprint density at radius 2 is 2.21 bits per heavy atom. The van der Waals surface area contributed by atoms with Crippen molar-refractivity contribution in [1.29, 1.82) is 0 Å². The molecular formula is C7H6BrN3O2S. The van der Waals surface area contributed by atoms with Crippen LogP contribution in [0, 0.1) is 0 Å². The molecule has 14 heavy (non-hydrogen) atoms. The summed E-state index contributed by atoms with van der Waals surface area (Å²) in [5, 5.41) is 0.130. The molecule has 5 nitrogen and oxygen atoms in total. The van der Waals surface area contributed by atoms with E-state index in [1.54, 1.807) is 0 Å². The summed E-state index contributed by atoms with van der Waals surface area (Å²) in [5.74, 6) is 0.397. The first-order chi connectivity index (χ1) is 6.47. The van der Waals surface area contributed by atoms with Gasteiger partial charge in [-0.2, -0.15) is 0 Å². The Morgan fingerprint density at radius 1 is 1.50 bits per heavy atom. The molecular weight excluding hydrogens is 270 g/mol. The molecule has 0 aromatic carbocycles. The van der Waals surface area contributed by atoms with Crippen molar-refractivity contribution in [3.63, 3.8) is 0 Å². The molecule has 1 aromatic heterocycles. The number of aliphatic imine (C=N–C) groups is 1. The molecule has 0 bridgehead atoms. The quantitative estimate of drug-likeness (QED) is 0.704. The van der Waals surface area contributed by atoms with Crippen LogP contribution in [0.5, 0.6) is 0 Å². The van der Waals surface area contributed by atoms with Crippen LogP contribution in [0.15, 0.2) is 15.8 Å². The molecule has 7 heteroatoms. The zero-order chi connectivity index (χ0) is 10.3. The van der Waals surface area contributed by atoms with Crippen molar-refractivity contribution >= 4 is 36.6 Å².